The van der Waals surface area contributed by atoms with E-state index < -0.39 is 18.3 Å². The number of nitrogens with zero attached hydrogens (tertiary/aromatic N) is 2. The third-order valence-corrected chi connectivity index (χ3v) is 5.89. The van der Waals surface area contributed by atoms with Crippen LogP contribution in [0.25, 0.3) is 10.9 Å². The van der Waals surface area contributed by atoms with Crippen molar-refractivity contribution in [2.45, 2.75) is 56.8 Å². The van der Waals surface area contributed by atoms with Gasteiger partial charge >= 0.3 is 0 Å². The fourth-order valence-electron chi connectivity index (χ4n) is 4.27. The zero-order valence-corrected chi connectivity index (χ0v) is 16.2. The molecule has 1 saturated heterocycles. The minimum atomic E-state index is -1.21. The van der Waals surface area contributed by atoms with Crippen LogP contribution in [0.3, 0.4) is 0 Å². The number of halogens is 1. The van der Waals surface area contributed by atoms with Crippen LogP contribution in [0.1, 0.15) is 43.2 Å². The molecule has 3 N–H and O–H groups in total. The van der Waals surface area contributed by atoms with Crippen LogP contribution in [-0.4, -0.2) is 40.7 Å². The molecule has 4 atom stereocenters. The van der Waals surface area contributed by atoms with Gasteiger partial charge in [-0.2, -0.15) is 5.26 Å². The summed E-state index contributed by atoms with van der Waals surface area (Å²) in [5.41, 5.74) is 1.85. The van der Waals surface area contributed by atoms with Crippen molar-refractivity contribution >= 4 is 16.8 Å². The molecular formula is C21H24FN5O2. The van der Waals surface area contributed by atoms with Crippen molar-refractivity contribution in [2.75, 3.05) is 6.54 Å². The maximum absolute atomic E-state index is 14.4. The van der Waals surface area contributed by atoms with Crippen molar-refractivity contribution in [1.82, 2.24) is 20.6 Å². The Morgan fingerprint density at radius 3 is 2.97 bits per heavy atom. The number of pyridine rings is 2. The third kappa shape index (κ3) is 4.01. The Hall–Kier alpha value is -2.79. The van der Waals surface area contributed by atoms with Gasteiger partial charge in [0.15, 0.2) is 0 Å². The Kier molecular flexibility index (Phi) is 5.33. The van der Waals surface area contributed by atoms with Gasteiger partial charge in [-0.05, 0) is 43.7 Å². The highest BCUT2D eigenvalue weighted by molar-refractivity contribution is 5.86. The maximum Gasteiger partial charge on any atom is 0.252 e. The maximum atomic E-state index is 14.4. The second-order valence-corrected chi connectivity index (χ2v) is 8.09. The Balaban J connectivity index is 1.51. The lowest BCUT2D eigenvalue weighted by atomic mass is 9.90. The molecule has 8 heteroatoms. The molecule has 0 aromatic carbocycles. The van der Waals surface area contributed by atoms with Crippen molar-refractivity contribution < 1.29 is 9.18 Å². The van der Waals surface area contributed by atoms with E-state index in [4.69, 9.17) is 5.26 Å². The number of amides is 1. The average molecular weight is 397 g/mol. The second kappa shape index (κ2) is 7.91. The van der Waals surface area contributed by atoms with Gasteiger partial charge in [-0.1, -0.05) is 0 Å². The smallest absolute Gasteiger partial charge is 0.252 e. The Labute approximate surface area is 167 Å². The number of fused-ring (bicyclic) bond motifs is 1. The molecule has 3 heterocycles. The summed E-state index contributed by atoms with van der Waals surface area (Å²) in [6.45, 7) is 2.15. The Morgan fingerprint density at radius 2 is 2.28 bits per heavy atom. The number of hydrogen-bond acceptors (Lipinski definition) is 5. The normalized spacial score (nSPS) is 25.3. The molecule has 29 heavy (non-hydrogen) atoms. The van der Waals surface area contributed by atoms with E-state index in [1.807, 2.05) is 0 Å². The molecule has 4 rings (SSSR count). The van der Waals surface area contributed by atoms with Crippen LogP contribution < -0.4 is 16.2 Å². The van der Waals surface area contributed by atoms with E-state index in [2.05, 4.69) is 26.7 Å². The first kappa shape index (κ1) is 19.5. The van der Waals surface area contributed by atoms with Crippen LogP contribution in [0.2, 0.25) is 0 Å². The van der Waals surface area contributed by atoms with Gasteiger partial charge < -0.3 is 15.6 Å². The summed E-state index contributed by atoms with van der Waals surface area (Å²) in [6.07, 6.45) is 4.25. The van der Waals surface area contributed by atoms with Gasteiger partial charge in [-0.25, -0.2) is 4.39 Å². The number of hydrogen-bond donors (Lipinski definition) is 3. The zero-order valence-electron chi connectivity index (χ0n) is 16.2. The monoisotopic (exact) mass is 397 g/mol. The summed E-state index contributed by atoms with van der Waals surface area (Å²) in [6, 6.07) is 2.83. The third-order valence-electron chi connectivity index (χ3n) is 5.89. The van der Waals surface area contributed by atoms with E-state index in [9.17, 15) is 14.0 Å². The molecule has 3 unspecified atom stereocenters. The molecule has 2 aromatic rings. The molecule has 2 aromatic heterocycles. The molecule has 0 radical (unpaired) electrons. The summed E-state index contributed by atoms with van der Waals surface area (Å²) >= 11 is 0. The highest BCUT2D eigenvalue weighted by Crippen LogP contribution is 2.43. The van der Waals surface area contributed by atoms with Gasteiger partial charge in [0.2, 0.25) is 5.91 Å². The van der Waals surface area contributed by atoms with E-state index in [1.54, 1.807) is 25.4 Å². The zero-order chi connectivity index (χ0) is 20.5. The Morgan fingerprint density at radius 1 is 1.48 bits per heavy atom. The number of nitrogens with one attached hydrogen (secondary N) is 3. The van der Waals surface area contributed by atoms with Crippen LogP contribution in [0, 0.1) is 17.2 Å². The molecule has 1 saturated carbocycles. The van der Waals surface area contributed by atoms with Crippen LogP contribution in [0.5, 0.6) is 0 Å². The van der Waals surface area contributed by atoms with E-state index in [0.29, 0.717) is 12.1 Å². The predicted octanol–water partition coefficient (Wildman–Crippen LogP) is 1.69. The molecule has 7 nitrogen and oxygen atoms in total. The SMILES string of the molecule is C[C@H](NC(=O)Cc1c(C2CC2)c2cnccc2[nH]c1=O)C1NCC(C#N)CC1F. The first-order valence-corrected chi connectivity index (χ1v) is 10.0. The lowest BCUT2D eigenvalue weighted by molar-refractivity contribution is -0.121. The minimum absolute atomic E-state index is 0.0547. The number of rotatable bonds is 5. The van der Waals surface area contributed by atoms with E-state index >= 15 is 0 Å². The molecule has 0 bridgehead atoms. The number of aromatic nitrogens is 2. The fraction of sp³-hybridized carbons (Fsp3) is 0.524. The number of alkyl halides is 1. The van der Waals surface area contributed by atoms with Gasteiger partial charge in [0.1, 0.15) is 6.17 Å². The summed E-state index contributed by atoms with van der Waals surface area (Å²) in [7, 11) is 0. The lowest BCUT2D eigenvalue weighted by Gasteiger charge is -2.34. The van der Waals surface area contributed by atoms with Crippen LogP contribution in [-0.2, 0) is 11.2 Å². The molecular weight excluding hydrogens is 373 g/mol. The average Bonchev–Trinajstić information content (AvgIpc) is 3.53. The molecule has 2 aliphatic rings. The minimum Gasteiger partial charge on any atom is -0.352 e. The highest BCUT2D eigenvalue weighted by atomic mass is 19.1. The quantitative estimate of drug-likeness (QED) is 0.711. The van der Waals surface area contributed by atoms with Gasteiger partial charge in [-0.3, -0.25) is 14.6 Å². The number of aromatic amines is 1. The first-order chi connectivity index (χ1) is 14.0. The topological polar surface area (TPSA) is 111 Å². The standard InChI is InChI=1S/C21H24FN5O2/c1-11(20-16(22)6-12(8-23)9-25-20)26-18(28)7-14-19(13-2-3-13)15-10-24-5-4-17(15)27-21(14)29/h4-5,10-13,16,20,25H,2-3,6-7,9H2,1H3,(H,26,28)(H,27,29)/t11-,12?,16?,20?/m0/s1. The van der Waals surface area contributed by atoms with Crippen molar-refractivity contribution in [3.63, 3.8) is 0 Å². The second-order valence-electron chi connectivity index (χ2n) is 8.09. The summed E-state index contributed by atoms with van der Waals surface area (Å²) in [5.74, 6) is -0.387. The van der Waals surface area contributed by atoms with Crippen LogP contribution >= 0.6 is 0 Å². The summed E-state index contributed by atoms with van der Waals surface area (Å²) < 4.78 is 14.4. The van der Waals surface area contributed by atoms with Crippen molar-refractivity contribution in [3.8, 4) is 6.07 Å². The predicted molar refractivity (Wildman–Crippen MR) is 106 cm³/mol. The Bertz CT molecular complexity index is 1030. The lowest BCUT2D eigenvalue weighted by Crippen LogP contribution is -2.57. The summed E-state index contributed by atoms with van der Waals surface area (Å²) in [5, 5.41) is 15.7. The molecule has 1 aliphatic carbocycles. The summed E-state index contributed by atoms with van der Waals surface area (Å²) in [4.78, 5) is 32.4. The van der Waals surface area contributed by atoms with Crippen molar-refractivity contribution in [3.05, 3.63) is 39.9 Å². The fourth-order valence-corrected chi connectivity index (χ4v) is 4.27. The van der Waals surface area contributed by atoms with Gasteiger partial charge in [0.05, 0.1) is 30.0 Å². The van der Waals surface area contributed by atoms with E-state index in [-0.39, 0.29) is 36.1 Å². The molecule has 152 valence electrons. The van der Waals surface area contributed by atoms with Gasteiger partial charge in [0, 0.05) is 35.9 Å². The van der Waals surface area contributed by atoms with E-state index in [1.165, 1.54) is 0 Å². The van der Waals surface area contributed by atoms with Gasteiger partial charge in [-0.15, -0.1) is 0 Å². The highest BCUT2D eigenvalue weighted by Gasteiger charge is 2.35. The number of piperidine rings is 1. The number of carbonyl (C=O) groups excluding carboxylic acids is 1. The van der Waals surface area contributed by atoms with Crippen molar-refractivity contribution in [2.24, 2.45) is 5.92 Å². The number of H-pyrrole nitrogens is 1. The van der Waals surface area contributed by atoms with Crippen LogP contribution in [0.15, 0.2) is 23.3 Å². The largest absolute Gasteiger partial charge is 0.352 e. The number of nitriles is 1. The molecule has 2 fully saturated rings. The van der Waals surface area contributed by atoms with Gasteiger partial charge in [0.25, 0.3) is 5.56 Å². The number of carbonyl (C=O) groups is 1. The molecule has 1 aliphatic heterocycles. The molecule has 1 amide bonds. The van der Waals surface area contributed by atoms with Crippen molar-refractivity contribution in [1.29, 1.82) is 5.26 Å². The van der Waals surface area contributed by atoms with Crippen LogP contribution in [0.4, 0.5) is 4.39 Å². The first-order valence-electron chi connectivity index (χ1n) is 10.0. The molecule has 0 spiro atoms. The van der Waals surface area contributed by atoms with E-state index in [0.717, 1.165) is 29.3 Å².